The van der Waals surface area contributed by atoms with Gasteiger partial charge >= 0.3 is 0 Å². The number of benzene rings is 1. The molecule has 27 heavy (non-hydrogen) atoms. The van der Waals surface area contributed by atoms with Crippen LogP contribution in [0.1, 0.15) is 25.7 Å². The lowest BCUT2D eigenvalue weighted by Gasteiger charge is -2.36. The van der Waals surface area contributed by atoms with Crippen LogP contribution < -0.4 is 9.46 Å². The van der Waals surface area contributed by atoms with Gasteiger partial charge in [0.2, 0.25) is 0 Å². The third-order valence-electron chi connectivity index (χ3n) is 4.54. The molecule has 0 saturated heterocycles. The molecule has 10 heteroatoms. The van der Waals surface area contributed by atoms with Crippen LogP contribution in [0.5, 0.6) is 5.75 Å². The van der Waals surface area contributed by atoms with Crippen molar-refractivity contribution in [3.8, 4) is 5.75 Å². The second-order valence-corrected chi connectivity index (χ2v) is 9.58. The van der Waals surface area contributed by atoms with Crippen molar-refractivity contribution >= 4 is 38.1 Å². The van der Waals surface area contributed by atoms with Gasteiger partial charge in [0.25, 0.3) is 10.0 Å². The number of thiazole rings is 1. The van der Waals surface area contributed by atoms with Crippen LogP contribution in [-0.4, -0.2) is 44.5 Å². The van der Waals surface area contributed by atoms with E-state index in [4.69, 9.17) is 16.3 Å². The zero-order valence-electron chi connectivity index (χ0n) is 15.0. The van der Waals surface area contributed by atoms with E-state index >= 15 is 0 Å². The Morgan fingerprint density at radius 1 is 1.33 bits per heavy atom. The summed E-state index contributed by atoms with van der Waals surface area (Å²) in [6, 6.07) is 2.25. The van der Waals surface area contributed by atoms with E-state index in [0.29, 0.717) is 0 Å². The normalized spacial score (nSPS) is 20.6. The molecular weight excluding hydrogens is 413 g/mol. The topological polar surface area (TPSA) is 71.5 Å². The number of ether oxygens (including phenoxy) is 1. The smallest absolute Gasteiger partial charge is 0.267 e. The van der Waals surface area contributed by atoms with Gasteiger partial charge in [-0.15, -0.1) is 11.3 Å². The Balaban J connectivity index is 1.96. The number of nitrogens with one attached hydrogen (secondary N) is 1. The fourth-order valence-electron chi connectivity index (χ4n) is 3.22. The molecular formula is C17H21ClFN3O3S2. The van der Waals surface area contributed by atoms with E-state index in [9.17, 15) is 12.8 Å². The van der Waals surface area contributed by atoms with E-state index in [1.807, 2.05) is 14.1 Å². The van der Waals surface area contributed by atoms with Gasteiger partial charge in [-0.3, -0.25) is 4.72 Å². The number of nitrogens with zero attached hydrogens (tertiary/aromatic N) is 2. The summed E-state index contributed by atoms with van der Waals surface area (Å²) in [4.78, 5) is 5.77. The summed E-state index contributed by atoms with van der Waals surface area (Å²) in [6.45, 7) is 0. The highest BCUT2D eigenvalue weighted by Crippen LogP contribution is 2.34. The lowest BCUT2D eigenvalue weighted by Crippen LogP contribution is -2.44. The van der Waals surface area contributed by atoms with E-state index in [1.165, 1.54) is 6.20 Å². The van der Waals surface area contributed by atoms with Crippen molar-refractivity contribution in [3.63, 3.8) is 0 Å². The number of rotatable bonds is 6. The fraction of sp³-hybridized carbons (Fsp3) is 0.471. The number of hydrogen-bond donors (Lipinski definition) is 1. The molecule has 6 nitrogen and oxygen atoms in total. The minimum atomic E-state index is -4.03. The average molecular weight is 434 g/mol. The van der Waals surface area contributed by atoms with Crippen molar-refractivity contribution in [2.24, 2.45) is 0 Å². The lowest BCUT2D eigenvalue weighted by molar-refractivity contribution is 0.0598. The standard InChI is InChI=1S/C17H21ClFN3O3S2/c1-22(2)13-5-3-4-6-14(13)25-15-10-12(19)11(18)9-16(15)27(23,24)21-17-20-7-8-26-17/h7-10,13-14H,3-6H2,1-2H3,(H,20,21)/t13-,14-/m1/s1. The van der Waals surface area contributed by atoms with Crippen LogP contribution in [0.25, 0.3) is 0 Å². The molecule has 1 N–H and O–H groups in total. The van der Waals surface area contributed by atoms with Gasteiger partial charge in [-0.05, 0) is 39.4 Å². The number of likely N-dealkylation sites (N-methyl/N-ethyl adjacent to an activating group) is 1. The van der Waals surface area contributed by atoms with Gasteiger partial charge in [0.15, 0.2) is 5.13 Å². The second kappa shape index (κ2) is 8.30. The van der Waals surface area contributed by atoms with Gasteiger partial charge in [0.05, 0.1) is 5.02 Å². The Morgan fingerprint density at radius 2 is 2.07 bits per heavy atom. The first-order valence-electron chi connectivity index (χ1n) is 8.52. The molecule has 1 heterocycles. The molecule has 2 aromatic rings. The molecule has 1 aromatic heterocycles. The fourth-order valence-corrected chi connectivity index (χ4v) is 5.38. The molecule has 0 radical (unpaired) electrons. The average Bonchev–Trinajstić information content (AvgIpc) is 3.10. The summed E-state index contributed by atoms with van der Waals surface area (Å²) in [5.41, 5.74) is 0. The van der Waals surface area contributed by atoms with Crippen LogP contribution in [0.4, 0.5) is 9.52 Å². The molecule has 1 fully saturated rings. The molecule has 3 rings (SSSR count). The summed E-state index contributed by atoms with van der Waals surface area (Å²) in [5.74, 6) is -0.767. The van der Waals surface area contributed by atoms with Crippen molar-refractivity contribution in [3.05, 3.63) is 34.5 Å². The van der Waals surface area contributed by atoms with E-state index < -0.39 is 15.8 Å². The summed E-state index contributed by atoms with van der Waals surface area (Å²) in [7, 11) is -0.124. The highest BCUT2D eigenvalue weighted by atomic mass is 35.5. The zero-order valence-corrected chi connectivity index (χ0v) is 17.4. The molecule has 2 atom stereocenters. The van der Waals surface area contributed by atoms with Crippen LogP contribution in [-0.2, 0) is 10.0 Å². The van der Waals surface area contributed by atoms with E-state index in [-0.39, 0.29) is 32.9 Å². The van der Waals surface area contributed by atoms with Crippen molar-refractivity contribution in [2.75, 3.05) is 18.8 Å². The Hall–Kier alpha value is -1.42. The first kappa shape index (κ1) is 20.3. The molecule has 0 aliphatic heterocycles. The summed E-state index contributed by atoms with van der Waals surface area (Å²) >= 11 is 6.99. The van der Waals surface area contributed by atoms with Crippen molar-refractivity contribution in [1.29, 1.82) is 0 Å². The maximum atomic E-state index is 14.1. The summed E-state index contributed by atoms with van der Waals surface area (Å²) in [5, 5.41) is 1.58. The molecule has 1 aliphatic rings. The first-order chi connectivity index (χ1) is 12.8. The summed E-state index contributed by atoms with van der Waals surface area (Å²) in [6.07, 6.45) is 5.02. The number of sulfonamides is 1. The third-order valence-corrected chi connectivity index (χ3v) is 7.01. The zero-order chi connectivity index (χ0) is 19.6. The highest BCUT2D eigenvalue weighted by Gasteiger charge is 2.31. The maximum absolute atomic E-state index is 14.1. The van der Waals surface area contributed by atoms with Crippen LogP contribution in [0.3, 0.4) is 0 Å². The van der Waals surface area contributed by atoms with Gasteiger partial charge < -0.3 is 9.64 Å². The van der Waals surface area contributed by atoms with Gasteiger partial charge in [-0.2, -0.15) is 0 Å². The monoisotopic (exact) mass is 433 g/mol. The lowest BCUT2D eigenvalue weighted by atomic mass is 9.91. The Labute approximate surface area is 167 Å². The Kier molecular flexibility index (Phi) is 6.25. The second-order valence-electron chi connectivity index (χ2n) is 6.63. The van der Waals surface area contributed by atoms with Crippen LogP contribution in [0.2, 0.25) is 5.02 Å². The minimum absolute atomic E-state index is 0.0419. The van der Waals surface area contributed by atoms with E-state index in [1.54, 1.807) is 5.38 Å². The molecule has 1 saturated carbocycles. The predicted octanol–water partition coefficient (Wildman–Crippen LogP) is 3.99. The SMILES string of the molecule is CN(C)[C@@H]1CCCC[C@H]1Oc1cc(F)c(Cl)cc1S(=O)(=O)Nc1nccs1. The van der Waals surface area contributed by atoms with Crippen molar-refractivity contribution in [1.82, 2.24) is 9.88 Å². The maximum Gasteiger partial charge on any atom is 0.267 e. The number of aromatic nitrogens is 1. The molecule has 0 spiro atoms. The van der Waals surface area contributed by atoms with Crippen LogP contribution >= 0.6 is 22.9 Å². The third kappa shape index (κ3) is 4.71. The number of anilines is 1. The highest BCUT2D eigenvalue weighted by molar-refractivity contribution is 7.93. The van der Waals surface area contributed by atoms with E-state index in [2.05, 4.69) is 14.6 Å². The number of hydrogen-bond acceptors (Lipinski definition) is 6. The Bertz CT molecular complexity index is 891. The number of halogens is 2. The van der Waals surface area contributed by atoms with Crippen molar-refractivity contribution < 1.29 is 17.5 Å². The first-order valence-corrected chi connectivity index (χ1v) is 11.3. The van der Waals surface area contributed by atoms with Crippen LogP contribution in [0.15, 0.2) is 28.6 Å². The van der Waals surface area contributed by atoms with Gasteiger partial charge in [-0.25, -0.2) is 17.8 Å². The molecule has 0 unspecified atom stereocenters. The molecule has 0 bridgehead atoms. The van der Waals surface area contributed by atoms with E-state index in [0.717, 1.165) is 49.2 Å². The molecule has 148 valence electrons. The predicted molar refractivity (Wildman–Crippen MR) is 105 cm³/mol. The largest absolute Gasteiger partial charge is 0.487 e. The molecule has 1 aromatic carbocycles. The van der Waals surface area contributed by atoms with Crippen molar-refractivity contribution in [2.45, 2.75) is 42.7 Å². The summed E-state index contributed by atoms with van der Waals surface area (Å²) < 4.78 is 48.1. The van der Waals surface area contributed by atoms with Gasteiger partial charge in [-0.1, -0.05) is 18.0 Å². The quantitative estimate of drug-likeness (QED) is 0.745. The van der Waals surface area contributed by atoms with Crippen LogP contribution in [0, 0.1) is 5.82 Å². The van der Waals surface area contributed by atoms with Gasteiger partial charge in [0.1, 0.15) is 22.6 Å². The Morgan fingerprint density at radius 3 is 2.74 bits per heavy atom. The molecule has 1 aliphatic carbocycles. The molecule has 0 amide bonds. The minimum Gasteiger partial charge on any atom is -0.487 e. The van der Waals surface area contributed by atoms with Gasteiger partial charge in [0, 0.05) is 23.7 Å².